The third-order valence-electron chi connectivity index (χ3n) is 3.73. The topological polar surface area (TPSA) is 64.6 Å². The van der Waals surface area contributed by atoms with Crippen LogP contribution in [0, 0.1) is 5.92 Å². The van der Waals surface area contributed by atoms with E-state index < -0.39 is 12.1 Å². The average Bonchev–Trinajstić information content (AvgIpc) is 2.57. The van der Waals surface area contributed by atoms with Crippen LogP contribution in [0.3, 0.4) is 0 Å². The Balaban J connectivity index is 2.78. The molecule has 1 N–H and O–H groups in total. The van der Waals surface area contributed by atoms with Gasteiger partial charge in [-0.25, -0.2) is 0 Å². The predicted molar refractivity (Wildman–Crippen MR) is 93.6 cm³/mol. The molecule has 134 valence electrons. The van der Waals surface area contributed by atoms with Crippen molar-refractivity contribution in [3.05, 3.63) is 35.9 Å². The molecule has 0 bridgehead atoms. The van der Waals surface area contributed by atoms with Gasteiger partial charge < -0.3 is 9.47 Å². The summed E-state index contributed by atoms with van der Waals surface area (Å²) < 4.78 is 10.0. The van der Waals surface area contributed by atoms with E-state index >= 15 is 0 Å². The standard InChI is InChI=1S/C19H29NO4/c1-5-24-19(22)16(12-11-15-9-7-6-8-10-15)20-17(13-14(2)3)18(21)23-4/h6-10,14,16-17,20H,5,11-13H2,1-4H3. The molecule has 0 aliphatic heterocycles. The average molecular weight is 335 g/mol. The SMILES string of the molecule is CCOC(=O)C(CCc1ccccc1)NC(CC(C)C)C(=O)OC. The number of esters is 2. The fraction of sp³-hybridized carbons (Fsp3) is 0.579. The fourth-order valence-corrected chi connectivity index (χ4v) is 2.56. The van der Waals surface area contributed by atoms with Gasteiger partial charge in [0.1, 0.15) is 12.1 Å². The smallest absolute Gasteiger partial charge is 0.323 e. The van der Waals surface area contributed by atoms with Crippen molar-refractivity contribution >= 4 is 11.9 Å². The Kier molecular flexibility index (Phi) is 9.08. The molecule has 0 amide bonds. The fourth-order valence-electron chi connectivity index (χ4n) is 2.56. The van der Waals surface area contributed by atoms with Gasteiger partial charge in [-0.1, -0.05) is 44.2 Å². The first-order chi connectivity index (χ1) is 11.5. The summed E-state index contributed by atoms with van der Waals surface area (Å²) >= 11 is 0. The monoisotopic (exact) mass is 335 g/mol. The molecule has 0 aliphatic carbocycles. The number of rotatable bonds is 10. The van der Waals surface area contributed by atoms with Crippen molar-refractivity contribution in [1.29, 1.82) is 0 Å². The van der Waals surface area contributed by atoms with Gasteiger partial charge in [-0.05, 0) is 37.7 Å². The highest BCUT2D eigenvalue weighted by Gasteiger charge is 2.28. The summed E-state index contributed by atoms with van der Waals surface area (Å²) in [4.78, 5) is 24.3. The Hall–Kier alpha value is -1.88. The van der Waals surface area contributed by atoms with Crippen LogP contribution in [0.2, 0.25) is 0 Å². The van der Waals surface area contributed by atoms with E-state index in [-0.39, 0.29) is 11.9 Å². The Morgan fingerprint density at radius 2 is 1.75 bits per heavy atom. The van der Waals surface area contributed by atoms with Gasteiger partial charge in [0.25, 0.3) is 0 Å². The van der Waals surface area contributed by atoms with E-state index in [1.165, 1.54) is 7.11 Å². The van der Waals surface area contributed by atoms with E-state index in [1.54, 1.807) is 6.92 Å². The molecule has 2 unspecified atom stereocenters. The van der Waals surface area contributed by atoms with E-state index in [1.807, 2.05) is 44.2 Å². The largest absolute Gasteiger partial charge is 0.468 e. The third-order valence-corrected chi connectivity index (χ3v) is 3.73. The molecule has 1 rings (SSSR count). The zero-order chi connectivity index (χ0) is 17.9. The second-order valence-electron chi connectivity index (χ2n) is 6.20. The van der Waals surface area contributed by atoms with Crippen molar-refractivity contribution in [3.8, 4) is 0 Å². The maximum Gasteiger partial charge on any atom is 0.323 e. The minimum atomic E-state index is -0.534. The first kappa shape index (κ1) is 20.2. The molecule has 0 radical (unpaired) electrons. The molecule has 0 aliphatic rings. The molecule has 0 aromatic heterocycles. The minimum Gasteiger partial charge on any atom is -0.468 e. The number of hydrogen-bond acceptors (Lipinski definition) is 5. The molecule has 0 heterocycles. The minimum absolute atomic E-state index is 0.304. The number of carbonyl (C=O) groups is 2. The van der Waals surface area contributed by atoms with Crippen LogP contribution in [0.1, 0.15) is 39.2 Å². The van der Waals surface area contributed by atoms with Gasteiger partial charge in [0.05, 0.1) is 13.7 Å². The number of nitrogens with one attached hydrogen (secondary N) is 1. The zero-order valence-electron chi connectivity index (χ0n) is 15.1. The van der Waals surface area contributed by atoms with Crippen molar-refractivity contribution in [3.63, 3.8) is 0 Å². The summed E-state index contributed by atoms with van der Waals surface area (Å²) in [7, 11) is 1.36. The van der Waals surface area contributed by atoms with E-state index in [0.29, 0.717) is 25.4 Å². The lowest BCUT2D eigenvalue weighted by Crippen LogP contribution is -2.49. The quantitative estimate of drug-likeness (QED) is 0.666. The summed E-state index contributed by atoms with van der Waals surface area (Å²) in [5, 5.41) is 3.14. The van der Waals surface area contributed by atoms with Gasteiger partial charge in [0, 0.05) is 0 Å². The lowest BCUT2D eigenvalue weighted by atomic mass is 10.0. The summed E-state index contributed by atoms with van der Waals surface area (Å²) in [6.45, 7) is 6.15. The summed E-state index contributed by atoms with van der Waals surface area (Å²) in [5.74, 6) is -0.373. The normalized spacial score (nSPS) is 13.4. The van der Waals surface area contributed by atoms with Gasteiger partial charge in [-0.15, -0.1) is 0 Å². The molecule has 5 heteroatoms. The predicted octanol–water partition coefficient (Wildman–Crippen LogP) is 2.73. The zero-order valence-corrected chi connectivity index (χ0v) is 15.1. The molecule has 24 heavy (non-hydrogen) atoms. The van der Waals surface area contributed by atoms with E-state index in [0.717, 1.165) is 12.0 Å². The van der Waals surface area contributed by atoms with Crippen LogP contribution in [-0.4, -0.2) is 37.7 Å². The molecule has 0 saturated carbocycles. The molecular formula is C19H29NO4. The first-order valence-electron chi connectivity index (χ1n) is 8.52. The number of aryl methyl sites for hydroxylation is 1. The molecule has 2 atom stereocenters. The summed E-state index contributed by atoms with van der Waals surface area (Å²) in [6, 6.07) is 8.90. The summed E-state index contributed by atoms with van der Waals surface area (Å²) in [5.41, 5.74) is 1.15. The highest BCUT2D eigenvalue weighted by molar-refractivity contribution is 5.79. The lowest BCUT2D eigenvalue weighted by molar-refractivity contribution is -0.148. The van der Waals surface area contributed by atoms with Crippen molar-refractivity contribution in [1.82, 2.24) is 5.32 Å². The van der Waals surface area contributed by atoms with Crippen LogP contribution in [0.5, 0.6) is 0 Å². The number of ether oxygens (including phenoxy) is 2. The molecule has 0 fully saturated rings. The number of benzene rings is 1. The van der Waals surface area contributed by atoms with Gasteiger partial charge in [-0.2, -0.15) is 0 Å². The van der Waals surface area contributed by atoms with Crippen molar-refractivity contribution < 1.29 is 19.1 Å². The van der Waals surface area contributed by atoms with Crippen LogP contribution >= 0.6 is 0 Å². The maximum absolute atomic E-state index is 12.3. The van der Waals surface area contributed by atoms with Gasteiger partial charge >= 0.3 is 11.9 Å². The molecular weight excluding hydrogens is 306 g/mol. The van der Waals surface area contributed by atoms with Crippen LogP contribution in [0.15, 0.2) is 30.3 Å². The van der Waals surface area contributed by atoms with Crippen LogP contribution < -0.4 is 5.32 Å². The van der Waals surface area contributed by atoms with Crippen molar-refractivity contribution in [2.45, 2.75) is 52.1 Å². The number of carbonyl (C=O) groups excluding carboxylic acids is 2. The van der Waals surface area contributed by atoms with E-state index in [2.05, 4.69) is 5.32 Å². The van der Waals surface area contributed by atoms with Gasteiger partial charge in [0.15, 0.2) is 0 Å². The van der Waals surface area contributed by atoms with Crippen molar-refractivity contribution in [2.75, 3.05) is 13.7 Å². The van der Waals surface area contributed by atoms with Crippen LogP contribution in [0.4, 0.5) is 0 Å². The van der Waals surface area contributed by atoms with E-state index in [4.69, 9.17) is 9.47 Å². The second-order valence-corrected chi connectivity index (χ2v) is 6.20. The van der Waals surface area contributed by atoms with Crippen LogP contribution in [-0.2, 0) is 25.5 Å². The number of methoxy groups -OCH3 is 1. The molecule has 5 nitrogen and oxygen atoms in total. The second kappa shape index (κ2) is 10.8. The Morgan fingerprint density at radius 1 is 1.08 bits per heavy atom. The highest BCUT2D eigenvalue weighted by Crippen LogP contribution is 2.11. The molecule has 1 aromatic rings. The maximum atomic E-state index is 12.3. The first-order valence-corrected chi connectivity index (χ1v) is 8.52. The van der Waals surface area contributed by atoms with E-state index in [9.17, 15) is 9.59 Å². The lowest BCUT2D eigenvalue weighted by Gasteiger charge is -2.24. The van der Waals surface area contributed by atoms with Crippen molar-refractivity contribution in [2.24, 2.45) is 5.92 Å². The third kappa shape index (κ3) is 7.13. The Labute approximate surface area is 144 Å². The number of hydrogen-bond donors (Lipinski definition) is 1. The molecule has 1 aromatic carbocycles. The summed E-state index contributed by atoms with van der Waals surface area (Å²) in [6.07, 6.45) is 1.90. The Bertz CT molecular complexity index is 501. The molecule has 0 saturated heterocycles. The molecule has 0 spiro atoms. The van der Waals surface area contributed by atoms with Gasteiger partial charge in [-0.3, -0.25) is 14.9 Å². The van der Waals surface area contributed by atoms with Crippen LogP contribution in [0.25, 0.3) is 0 Å². The van der Waals surface area contributed by atoms with Gasteiger partial charge in [0.2, 0.25) is 0 Å². The Morgan fingerprint density at radius 3 is 2.29 bits per heavy atom. The highest BCUT2D eigenvalue weighted by atomic mass is 16.5.